The average Bonchev–Trinajstić information content (AvgIpc) is 2.63. The summed E-state index contributed by atoms with van der Waals surface area (Å²) in [5.41, 5.74) is 3.69. The van der Waals surface area contributed by atoms with E-state index in [4.69, 9.17) is 0 Å². The van der Waals surface area contributed by atoms with Crippen molar-refractivity contribution in [3.63, 3.8) is 0 Å². The minimum absolute atomic E-state index is 0.0901. The highest BCUT2D eigenvalue weighted by molar-refractivity contribution is 6.06. The van der Waals surface area contributed by atoms with Crippen LogP contribution in [0.15, 0.2) is 48.5 Å². The number of nitrogens with zero attached hydrogens (tertiary/aromatic N) is 1. The van der Waals surface area contributed by atoms with Crippen molar-refractivity contribution in [2.75, 3.05) is 29.9 Å². The van der Waals surface area contributed by atoms with Crippen molar-refractivity contribution >= 4 is 17.3 Å². The van der Waals surface area contributed by atoms with Gasteiger partial charge in [0.15, 0.2) is 0 Å². The number of rotatable bonds is 4. The van der Waals surface area contributed by atoms with Crippen LogP contribution in [0.3, 0.4) is 0 Å². The van der Waals surface area contributed by atoms with Gasteiger partial charge in [-0.1, -0.05) is 29.8 Å². The summed E-state index contributed by atoms with van der Waals surface area (Å²) < 4.78 is 0. The first-order valence-corrected chi connectivity index (χ1v) is 8.50. The van der Waals surface area contributed by atoms with Crippen LogP contribution in [0.25, 0.3) is 0 Å². The Bertz CT molecular complexity index is 689. The number of aliphatic hydroxyl groups excluding tert-OH is 1. The molecule has 0 atom stereocenters. The second-order valence-corrected chi connectivity index (χ2v) is 6.45. The van der Waals surface area contributed by atoms with Gasteiger partial charge < -0.3 is 15.3 Å². The maximum absolute atomic E-state index is 12.5. The number of benzene rings is 2. The van der Waals surface area contributed by atoms with Gasteiger partial charge >= 0.3 is 0 Å². The normalized spacial score (nSPS) is 15.3. The molecule has 1 fully saturated rings. The Balaban J connectivity index is 1.74. The molecule has 24 heavy (non-hydrogen) atoms. The molecule has 0 unspecified atom stereocenters. The highest BCUT2D eigenvalue weighted by Crippen LogP contribution is 2.30. The molecule has 2 aromatic rings. The van der Waals surface area contributed by atoms with Gasteiger partial charge in [0.25, 0.3) is 5.91 Å². The van der Waals surface area contributed by atoms with E-state index >= 15 is 0 Å². The average molecular weight is 324 g/mol. The van der Waals surface area contributed by atoms with Crippen LogP contribution in [0, 0.1) is 12.8 Å². The Kier molecular flexibility index (Phi) is 5.16. The monoisotopic (exact) mass is 324 g/mol. The van der Waals surface area contributed by atoms with E-state index in [0.717, 1.165) is 42.9 Å². The lowest BCUT2D eigenvalue weighted by Crippen LogP contribution is -2.35. The molecule has 126 valence electrons. The number of hydrogen-bond acceptors (Lipinski definition) is 3. The van der Waals surface area contributed by atoms with E-state index in [0.29, 0.717) is 11.5 Å². The molecule has 1 aliphatic heterocycles. The van der Waals surface area contributed by atoms with E-state index in [1.165, 1.54) is 0 Å². The van der Waals surface area contributed by atoms with E-state index in [9.17, 15) is 9.90 Å². The zero-order valence-electron chi connectivity index (χ0n) is 14.0. The van der Waals surface area contributed by atoms with Crippen LogP contribution in [0.2, 0.25) is 0 Å². The van der Waals surface area contributed by atoms with Crippen LogP contribution in [-0.2, 0) is 0 Å². The van der Waals surface area contributed by atoms with Crippen molar-refractivity contribution in [1.29, 1.82) is 0 Å². The third-order valence-corrected chi connectivity index (χ3v) is 4.68. The van der Waals surface area contributed by atoms with Crippen molar-refractivity contribution in [2.24, 2.45) is 5.92 Å². The van der Waals surface area contributed by atoms with Gasteiger partial charge in [-0.15, -0.1) is 0 Å². The lowest BCUT2D eigenvalue weighted by molar-refractivity contribution is 0.102. The Morgan fingerprint density at radius 3 is 2.46 bits per heavy atom. The van der Waals surface area contributed by atoms with Crippen LogP contribution < -0.4 is 10.2 Å². The number of aryl methyl sites for hydroxylation is 1. The van der Waals surface area contributed by atoms with Gasteiger partial charge in [0, 0.05) is 25.3 Å². The van der Waals surface area contributed by atoms with Gasteiger partial charge in [0.1, 0.15) is 0 Å². The van der Waals surface area contributed by atoms with E-state index < -0.39 is 0 Å². The van der Waals surface area contributed by atoms with E-state index in [1.54, 1.807) is 0 Å². The first kappa shape index (κ1) is 16.5. The van der Waals surface area contributed by atoms with Gasteiger partial charge in [-0.3, -0.25) is 4.79 Å². The Labute approximate surface area is 143 Å². The standard InChI is InChI=1S/C20H24N2O2/c1-15-6-8-17(9-7-15)20(24)21-18-4-2-3-5-19(18)22-12-10-16(14-23)11-13-22/h2-9,16,23H,10-14H2,1H3,(H,21,24). The Morgan fingerprint density at radius 2 is 1.79 bits per heavy atom. The molecule has 1 saturated heterocycles. The number of carbonyl (C=O) groups is 1. The smallest absolute Gasteiger partial charge is 0.255 e. The van der Waals surface area contributed by atoms with Crippen molar-refractivity contribution in [1.82, 2.24) is 0 Å². The van der Waals surface area contributed by atoms with Gasteiger partial charge in [-0.2, -0.15) is 0 Å². The maximum Gasteiger partial charge on any atom is 0.255 e. The predicted octanol–water partition coefficient (Wildman–Crippen LogP) is 3.46. The van der Waals surface area contributed by atoms with Crippen LogP contribution >= 0.6 is 0 Å². The summed E-state index contributed by atoms with van der Waals surface area (Å²) in [7, 11) is 0. The molecular formula is C20H24N2O2. The third kappa shape index (κ3) is 3.77. The predicted molar refractivity (Wildman–Crippen MR) is 97.6 cm³/mol. The highest BCUT2D eigenvalue weighted by Gasteiger charge is 2.21. The maximum atomic E-state index is 12.5. The number of hydrogen-bond donors (Lipinski definition) is 2. The van der Waals surface area contributed by atoms with Crippen molar-refractivity contribution < 1.29 is 9.90 Å². The van der Waals surface area contributed by atoms with Crippen LogP contribution in [0.5, 0.6) is 0 Å². The number of aliphatic hydroxyl groups is 1. The fourth-order valence-electron chi connectivity index (χ4n) is 3.11. The van der Waals surface area contributed by atoms with Gasteiger partial charge in [-0.25, -0.2) is 0 Å². The van der Waals surface area contributed by atoms with Crippen LogP contribution in [0.4, 0.5) is 11.4 Å². The summed E-state index contributed by atoms with van der Waals surface area (Å²) in [6.45, 7) is 4.08. The van der Waals surface area contributed by atoms with Gasteiger partial charge in [-0.05, 0) is 49.9 Å². The first-order valence-electron chi connectivity index (χ1n) is 8.50. The second kappa shape index (κ2) is 7.49. The SMILES string of the molecule is Cc1ccc(C(=O)Nc2ccccc2N2CCC(CO)CC2)cc1. The molecule has 1 amide bonds. The lowest BCUT2D eigenvalue weighted by atomic mass is 9.97. The topological polar surface area (TPSA) is 52.6 Å². The molecule has 0 bridgehead atoms. The molecule has 0 aliphatic carbocycles. The summed E-state index contributed by atoms with van der Waals surface area (Å²) in [4.78, 5) is 14.8. The fourth-order valence-corrected chi connectivity index (χ4v) is 3.11. The molecule has 3 rings (SSSR count). The summed E-state index contributed by atoms with van der Waals surface area (Å²) in [5, 5.41) is 12.3. The quantitative estimate of drug-likeness (QED) is 0.905. The van der Waals surface area contributed by atoms with Crippen LogP contribution in [-0.4, -0.2) is 30.7 Å². The summed E-state index contributed by atoms with van der Waals surface area (Å²) in [5.74, 6) is 0.309. The van der Waals surface area contributed by atoms with E-state index in [-0.39, 0.29) is 12.5 Å². The van der Waals surface area contributed by atoms with Crippen molar-refractivity contribution in [2.45, 2.75) is 19.8 Å². The number of anilines is 2. The van der Waals surface area contributed by atoms with Crippen LogP contribution in [0.1, 0.15) is 28.8 Å². The molecule has 4 nitrogen and oxygen atoms in total. The molecule has 0 aromatic heterocycles. The number of amides is 1. The molecule has 4 heteroatoms. The van der Waals surface area contributed by atoms with Crippen molar-refractivity contribution in [3.05, 3.63) is 59.7 Å². The first-order chi connectivity index (χ1) is 11.7. The molecule has 0 spiro atoms. The van der Waals surface area contributed by atoms with Gasteiger partial charge in [0.2, 0.25) is 0 Å². The Hall–Kier alpha value is -2.33. The molecule has 1 aliphatic rings. The minimum Gasteiger partial charge on any atom is -0.396 e. The highest BCUT2D eigenvalue weighted by atomic mass is 16.3. The minimum atomic E-state index is -0.0901. The molecule has 0 saturated carbocycles. The Morgan fingerprint density at radius 1 is 1.12 bits per heavy atom. The number of para-hydroxylation sites is 2. The van der Waals surface area contributed by atoms with E-state index in [2.05, 4.69) is 10.2 Å². The third-order valence-electron chi connectivity index (χ3n) is 4.68. The molecule has 2 aromatic carbocycles. The van der Waals surface area contributed by atoms with Crippen molar-refractivity contribution in [3.8, 4) is 0 Å². The molecule has 1 heterocycles. The largest absolute Gasteiger partial charge is 0.396 e. The number of carbonyl (C=O) groups excluding carboxylic acids is 1. The lowest BCUT2D eigenvalue weighted by Gasteiger charge is -2.34. The zero-order chi connectivity index (χ0) is 16.9. The second-order valence-electron chi connectivity index (χ2n) is 6.45. The summed E-state index contributed by atoms with van der Waals surface area (Å²) in [6, 6.07) is 15.5. The van der Waals surface area contributed by atoms with E-state index in [1.807, 2.05) is 55.5 Å². The fraction of sp³-hybridized carbons (Fsp3) is 0.350. The number of piperidine rings is 1. The molecule has 2 N–H and O–H groups in total. The number of nitrogens with one attached hydrogen (secondary N) is 1. The molecular weight excluding hydrogens is 300 g/mol. The van der Waals surface area contributed by atoms with Gasteiger partial charge in [0.05, 0.1) is 11.4 Å². The summed E-state index contributed by atoms with van der Waals surface area (Å²) >= 11 is 0. The zero-order valence-corrected chi connectivity index (χ0v) is 14.0. The summed E-state index contributed by atoms with van der Waals surface area (Å²) in [6.07, 6.45) is 1.97. The molecule has 0 radical (unpaired) electrons.